The first kappa shape index (κ1) is 29.0. The molecule has 2 aliphatic carbocycles. The van der Waals surface area contributed by atoms with Gasteiger partial charge in [-0.2, -0.15) is 0 Å². The fourth-order valence-corrected chi connectivity index (χ4v) is 7.46. The molecule has 0 bridgehead atoms. The Balaban J connectivity index is 1.67. The topological polar surface area (TPSA) is 119 Å². The van der Waals surface area contributed by atoms with Crippen molar-refractivity contribution in [3.8, 4) is 0 Å². The lowest BCUT2D eigenvalue weighted by Crippen LogP contribution is -2.66. The van der Waals surface area contributed by atoms with E-state index in [0.29, 0.717) is 25.7 Å². The van der Waals surface area contributed by atoms with Gasteiger partial charge >= 0.3 is 5.97 Å². The average molecular weight is 533 g/mol. The molecule has 0 spiro atoms. The van der Waals surface area contributed by atoms with Crippen LogP contribution in [0.5, 0.6) is 0 Å². The summed E-state index contributed by atoms with van der Waals surface area (Å²) >= 11 is 0. The molecule has 0 amide bonds. The zero-order chi connectivity index (χ0) is 28.4. The molecular formula is C30H44O8. The van der Waals surface area contributed by atoms with Gasteiger partial charge in [-0.1, -0.05) is 34.1 Å². The van der Waals surface area contributed by atoms with Crippen LogP contribution in [0.3, 0.4) is 0 Å². The maximum absolute atomic E-state index is 13.8. The molecule has 4 aliphatic rings. The minimum atomic E-state index is -1.19. The van der Waals surface area contributed by atoms with Crippen LogP contribution in [0.15, 0.2) is 23.0 Å². The second kappa shape index (κ2) is 9.86. The SMILES string of the molecule is CC[C@H](C)[C@@H](OC(C)=O)[C@@H](C)C1=CC(=O)C2=C(O[C@@]3(C)CC[C@H]4OC(C(C)(C)O)CC[C@]4(C)C3[C@@H]2O)C1=O. The smallest absolute Gasteiger partial charge is 0.302 e. The van der Waals surface area contributed by atoms with Crippen LogP contribution in [0.2, 0.25) is 0 Å². The molecule has 2 fully saturated rings. The summed E-state index contributed by atoms with van der Waals surface area (Å²) in [6.07, 6.45) is 2.21. The Morgan fingerprint density at radius 1 is 1.21 bits per heavy atom. The lowest BCUT2D eigenvalue weighted by atomic mass is 9.52. The van der Waals surface area contributed by atoms with E-state index in [1.54, 1.807) is 20.8 Å². The molecule has 0 aromatic carbocycles. The second-order valence-electron chi connectivity index (χ2n) is 13.0. The molecule has 1 saturated heterocycles. The summed E-state index contributed by atoms with van der Waals surface area (Å²) in [5, 5.41) is 22.3. The van der Waals surface area contributed by atoms with E-state index in [1.807, 2.05) is 20.8 Å². The van der Waals surface area contributed by atoms with E-state index in [1.165, 1.54) is 13.0 Å². The monoisotopic (exact) mass is 532 g/mol. The molecule has 212 valence electrons. The number of ketones is 2. The highest BCUT2D eigenvalue weighted by Crippen LogP contribution is 2.59. The van der Waals surface area contributed by atoms with Crippen LogP contribution in [0.1, 0.15) is 87.5 Å². The van der Waals surface area contributed by atoms with Gasteiger partial charge in [-0.3, -0.25) is 14.4 Å². The number of ether oxygens (including phenoxy) is 3. The van der Waals surface area contributed by atoms with Crippen molar-refractivity contribution in [3.63, 3.8) is 0 Å². The minimum absolute atomic E-state index is 0.00693. The molecule has 2 aliphatic heterocycles. The van der Waals surface area contributed by atoms with Gasteiger partial charge in [-0.05, 0) is 58.4 Å². The molecule has 2 N–H and O–H groups in total. The molecular weight excluding hydrogens is 488 g/mol. The normalized spacial score (nSPS) is 37.7. The van der Waals surface area contributed by atoms with E-state index in [2.05, 4.69) is 6.92 Å². The first-order valence-corrected chi connectivity index (χ1v) is 14.0. The van der Waals surface area contributed by atoms with Crippen molar-refractivity contribution in [3.05, 3.63) is 23.0 Å². The lowest BCUT2D eigenvalue weighted by Gasteiger charge is -2.61. The highest BCUT2D eigenvalue weighted by atomic mass is 16.5. The van der Waals surface area contributed by atoms with Gasteiger partial charge in [0.2, 0.25) is 5.78 Å². The van der Waals surface area contributed by atoms with Gasteiger partial charge in [0, 0.05) is 29.7 Å². The van der Waals surface area contributed by atoms with Crippen LogP contribution in [-0.2, 0) is 28.6 Å². The molecule has 0 aromatic heterocycles. The van der Waals surface area contributed by atoms with Crippen molar-refractivity contribution in [2.24, 2.45) is 23.2 Å². The van der Waals surface area contributed by atoms with Gasteiger partial charge in [0.1, 0.15) is 11.7 Å². The zero-order valence-corrected chi connectivity index (χ0v) is 24.0. The van der Waals surface area contributed by atoms with E-state index in [9.17, 15) is 24.6 Å². The number of carbonyl (C=O) groups is 3. The van der Waals surface area contributed by atoms with E-state index in [4.69, 9.17) is 14.2 Å². The zero-order valence-electron chi connectivity index (χ0n) is 24.0. The fraction of sp³-hybridized carbons (Fsp3) is 0.767. The summed E-state index contributed by atoms with van der Waals surface area (Å²) in [6, 6.07) is 0. The summed E-state index contributed by atoms with van der Waals surface area (Å²) < 4.78 is 18.4. The first-order valence-electron chi connectivity index (χ1n) is 14.0. The van der Waals surface area contributed by atoms with Gasteiger partial charge < -0.3 is 24.4 Å². The minimum Gasteiger partial charge on any atom is -0.482 e. The highest BCUT2D eigenvalue weighted by Gasteiger charge is 2.64. The van der Waals surface area contributed by atoms with Crippen molar-refractivity contribution in [2.45, 2.75) is 123 Å². The Hall–Kier alpha value is -2.03. The molecule has 2 heterocycles. The molecule has 1 saturated carbocycles. The lowest BCUT2D eigenvalue weighted by molar-refractivity contribution is -0.260. The molecule has 0 radical (unpaired) electrons. The number of hydrogen-bond donors (Lipinski definition) is 2. The van der Waals surface area contributed by atoms with Crippen molar-refractivity contribution >= 4 is 17.5 Å². The first-order chi connectivity index (χ1) is 17.5. The Kier molecular flexibility index (Phi) is 7.52. The maximum atomic E-state index is 13.8. The van der Waals surface area contributed by atoms with E-state index in [-0.39, 0.29) is 35.0 Å². The van der Waals surface area contributed by atoms with Crippen molar-refractivity contribution in [1.29, 1.82) is 0 Å². The van der Waals surface area contributed by atoms with Crippen LogP contribution in [0, 0.1) is 23.2 Å². The molecule has 4 rings (SSSR count). The third-order valence-electron chi connectivity index (χ3n) is 9.77. The summed E-state index contributed by atoms with van der Waals surface area (Å²) in [4.78, 5) is 39.1. The largest absolute Gasteiger partial charge is 0.482 e. The maximum Gasteiger partial charge on any atom is 0.302 e. The molecule has 9 atom stereocenters. The van der Waals surface area contributed by atoms with Gasteiger partial charge in [0.25, 0.3) is 0 Å². The van der Waals surface area contributed by atoms with Crippen LogP contribution < -0.4 is 0 Å². The van der Waals surface area contributed by atoms with E-state index in [0.717, 1.165) is 6.42 Å². The van der Waals surface area contributed by atoms with Crippen LogP contribution >= 0.6 is 0 Å². The Morgan fingerprint density at radius 3 is 2.45 bits per heavy atom. The van der Waals surface area contributed by atoms with Crippen LogP contribution in [-0.4, -0.2) is 63.4 Å². The number of rotatable bonds is 6. The summed E-state index contributed by atoms with van der Waals surface area (Å²) in [5.41, 5.74) is -2.12. The van der Waals surface area contributed by atoms with Gasteiger partial charge in [-0.15, -0.1) is 0 Å². The number of carbonyl (C=O) groups excluding carboxylic acids is 3. The van der Waals surface area contributed by atoms with E-state index >= 15 is 0 Å². The number of Topliss-reactive ketones (excluding diaryl/α,β-unsaturated/α-hetero) is 1. The third kappa shape index (κ3) is 4.66. The number of aliphatic hydroxyl groups excluding tert-OH is 1. The summed E-state index contributed by atoms with van der Waals surface area (Å²) in [6.45, 7) is 14.5. The number of aliphatic hydroxyl groups is 2. The van der Waals surface area contributed by atoms with Gasteiger partial charge in [0.05, 0.1) is 29.5 Å². The number of fused-ring (bicyclic) bond motifs is 3. The standard InChI is InChI=1S/C30H44O8/c1-9-15(2)25(36-17(4)31)16(3)18-14-19(32)22-24(34)27-29(7)12-10-20(28(5,6)35)37-21(29)11-13-30(27,8)38-26(22)23(18)33/h14-16,20-21,24-25,27,34-35H,9-13H2,1-8H3/t15-,16-,20?,21+,24+,25+,27?,29-,30-/m0/s1. The molecule has 2 unspecified atom stereocenters. The van der Waals surface area contributed by atoms with Crippen molar-refractivity contribution in [1.82, 2.24) is 0 Å². The number of allylic oxidation sites excluding steroid dienone is 2. The Morgan fingerprint density at radius 2 is 1.87 bits per heavy atom. The molecule has 8 heteroatoms. The predicted octanol–water partition coefficient (Wildman–Crippen LogP) is 3.82. The van der Waals surface area contributed by atoms with Crippen LogP contribution in [0.25, 0.3) is 0 Å². The van der Waals surface area contributed by atoms with E-state index < -0.39 is 58.2 Å². The van der Waals surface area contributed by atoms with Crippen molar-refractivity contribution < 1.29 is 38.8 Å². The molecule has 8 nitrogen and oxygen atoms in total. The Bertz CT molecular complexity index is 1070. The Labute approximate surface area is 225 Å². The number of esters is 1. The van der Waals surface area contributed by atoms with Crippen LogP contribution in [0.4, 0.5) is 0 Å². The quantitative estimate of drug-likeness (QED) is 0.391. The second-order valence-corrected chi connectivity index (χ2v) is 13.0. The number of hydrogen-bond acceptors (Lipinski definition) is 8. The fourth-order valence-electron chi connectivity index (χ4n) is 7.46. The average Bonchev–Trinajstić information content (AvgIpc) is 2.81. The summed E-state index contributed by atoms with van der Waals surface area (Å²) in [5.74, 6) is -2.41. The highest BCUT2D eigenvalue weighted by molar-refractivity contribution is 6.22. The van der Waals surface area contributed by atoms with Crippen molar-refractivity contribution in [2.75, 3.05) is 0 Å². The van der Waals surface area contributed by atoms with Gasteiger partial charge in [0.15, 0.2) is 11.5 Å². The predicted molar refractivity (Wildman–Crippen MR) is 140 cm³/mol. The molecule has 38 heavy (non-hydrogen) atoms. The van der Waals surface area contributed by atoms with Gasteiger partial charge in [-0.25, -0.2) is 0 Å². The molecule has 0 aromatic rings. The summed E-state index contributed by atoms with van der Waals surface area (Å²) in [7, 11) is 0. The third-order valence-corrected chi connectivity index (χ3v) is 9.77.